The van der Waals surface area contributed by atoms with Crippen LogP contribution in [-0.2, 0) is 0 Å². The van der Waals surface area contributed by atoms with Crippen molar-refractivity contribution < 1.29 is 4.74 Å². The highest BCUT2D eigenvalue weighted by molar-refractivity contribution is 5.59. The molecule has 3 aromatic rings. The summed E-state index contributed by atoms with van der Waals surface area (Å²) < 4.78 is 5.28. The normalized spacial score (nSPS) is 12.1. The fraction of sp³-hybridized carbons (Fsp3) is 0.211. The van der Waals surface area contributed by atoms with Gasteiger partial charge in [-0.2, -0.15) is 5.10 Å². The number of H-pyrrole nitrogens is 1. The molecule has 1 unspecified atom stereocenters. The van der Waals surface area contributed by atoms with Crippen molar-refractivity contribution >= 4 is 0 Å². The van der Waals surface area contributed by atoms with Gasteiger partial charge in [0.15, 0.2) is 0 Å². The summed E-state index contributed by atoms with van der Waals surface area (Å²) in [6.07, 6.45) is 0. The molecule has 4 nitrogen and oxygen atoms in total. The summed E-state index contributed by atoms with van der Waals surface area (Å²) in [6, 6.07) is 18.3. The van der Waals surface area contributed by atoms with Crippen molar-refractivity contribution in [1.82, 2.24) is 10.2 Å². The number of ether oxygens (including phenoxy) is 1. The molecule has 0 aliphatic heterocycles. The number of nitrogens with two attached hydrogens (primary N) is 1. The lowest BCUT2D eigenvalue weighted by Gasteiger charge is -2.16. The molecule has 118 valence electrons. The van der Waals surface area contributed by atoms with Crippen LogP contribution in [0.25, 0.3) is 11.3 Å². The van der Waals surface area contributed by atoms with Crippen molar-refractivity contribution in [2.24, 2.45) is 5.73 Å². The predicted molar refractivity (Wildman–Crippen MR) is 92.7 cm³/mol. The summed E-state index contributed by atoms with van der Waals surface area (Å²) in [6.45, 7) is 2.60. The van der Waals surface area contributed by atoms with Gasteiger partial charge in [-0.05, 0) is 36.2 Å². The second-order valence-corrected chi connectivity index (χ2v) is 5.59. The summed E-state index contributed by atoms with van der Waals surface area (Å²) in [7, 11) is 1.68. The third kappa shape index (κ3) is 3.12. The zero-order chi connectivity index (χ0) is 16.2. The first-order valence-corrected chi connectivity index (χ1v) is 7.68. The van der Waals surface area contributed by atoms with Crippen LogP contribution >= 0.6 is 0 Å². The SMILES string of the molecule is COc1ccc(C(CN)c2cc(-c3ccccc3)n[nH]2)c(C)c1. The van der Waals surface area contributed by atoms with Crippen molar-refractivity contribution in [2.45, 2.75) is 12.8 Å². The van der Waals surface area contributed by atoms with E-state index in [1.54, 1.807) is 7.11 Å². The van der Waals surface area contributed by atoms with E-state index in [4.69, 9.17) is 10.5 Å². The van der Waals surface area contributed by atoms with E-state index >= 15 is 0 Å². The number of nitrogens with one attached hydrogen (secondary N) is 1. The quantitative estimate of drug-likeness (QED) is 0.758. The Balaban J connectivity index is 1.94. The molecule has 0 aliphatic carbocycles. The molecule has 0 radical (unpaired) electrons. The van der Waals surface area contributed by atoms with E-state index in [2.05, 4.69) is 41.4 Å². The fourth-order valence-corrected chi connectivity index (χ4v) is 2.86. The van der Waals surface area contributed by atoms with Crippen LogP contribution in [0.2, 0.25) is 0 Å². The highest BCUT2D eigenvalue weighted by Crippen LogP contribution is 2.29. The Morgan fingerprint density at radius 3 is 2.57 bits per heavy atom. The number of methoxy groups -OCH3 is 1. The van der Waals surface area contributed by atoms with Gasteiger partial charge in [-0.1, -0.05) is 36.4 Å². The Labute approximate surface area is 136 Å². The van der Waals surface area contributed by atoms with Gasteiger partial charge in [-0.3, -0.25) is 5.10 Å². The third-order valence-electron chi connectivity index (χ3n) is 4.13. The average molecular weight is 307 g/mol. The van der Waals surface area contributed by atoms with E-state index in [0.29, 0.717) is 6.54 Å². The Morgan fingerprint density at radius 1 is 1.13 bits per heavy atom. The molecule has 0 saturated heterocycles. The Kier molecular flexibility index (Phi) is 4.44. The molecule has 0 spiro atoms. The van der Waals surface area contributed by atoms with E-state index in [0.717, 1.165) is 28.3 Å². The summed E-state index contributed by atoms with van der Waals surface area (Å²) >= 11 is 0. The van der Waals surface area contributed by atoms with Crippen molar-refractivity contribution in [2.75, 3.05) is 13.7 Å². The number of hydrogen-bond acceptors (Lipinski definition) is 3. The molecular weight excluding hydrogens is 286 g/mol. The topological polar surface area (TPSA) is 63.9 Å². The molecule has 4 heteroatoms. The lowest BCUT2D eigenvalue weighted by atomic mass is 9.91. The molecule has 3 N–H and O–H groups in total. The number of benzene rings is 2. The molecule has 1 heterocycles. The summed E-state index contributed by atoms with van der Waals surface area (Å²) in [5.41, 5.74) is 11.5. The van der Waals surface area contributed by atoms with Crippen molar-refractivity contribution in [3.8, 4) is 17.0 Å². The Hall–Kier alpha value is -2.59. The van der Waals surface area contributed by atoms with E-state index in [9.17, 15) is 0 Å². The zero-order valence-corrected chi connectivity index (χ0v) is 13.4. The van der Waals surface area contributed by atoms with Gasteiger partial charge in [0, 0.05) is 23.7 Å². The van der Waals surface area contributed by atoms with Crippen LogP contribution in [-0.4, -0.2) is 23.9 Å². The summed E-state index contributed by atoms with van der Waals surface area (Å²) in [4.78, 5) is 0. The van der Waals surface area contributed by atoms with Crippen LogP contribution < -0.4 is 10.5 Å². The second kappa shape index (κ2) is 6.67. The molecule has 0 bridgehead atoms. The van der Waals surface area contributed by atoms with Gasteiger partial charge < -0.3 is 10.5 Å². The van der Waals surface area contributed by atoms with Crippen LogP contribution in [0.3, 0.4) is 0 Å². The molecular formula is C19H21N3O. The zero-order valence-electron chi connectivity index (χ0n) is 13.4. The highest BCUT2D eigenvalue weighted by atomic mass is 16.5. The lowest BCUT2D eigenvalue weighted by molar-refractivity contribution is 0.414. The Bertz CT molecular complexity index is 780. The van der Waals surface area contributed by atoms with Crippen molar-refractivity contribution in [3.05, 3.63) is 71.4 Å². The fourth-order valence-electron chi connectivity index (χ4n) is 2.86. The number of aryl methyl sites for hydroxylation is 1. The summed E-state index contributed by atoms with van der Waals surface area (Å²) in [5.74, 6) is 0.947. The Morgan fingerprint density at radius 2 is 1.91 bits per heavy atom. The third-order valence-corrected chi connectivity index (χ3v) is 4.13. The van der Waals surface area contributed by atoms with E-state index in [-0.39, 0.29) is 5.92 Å². The smallest absolute Gasteiger partial charge is 0.119 e. The number of nitrogens with zero attached hydrogens (tertiary/aromatic N) is 1. The van der Waals surface area contributed by atoms with E-state index < -0.39 is 0 Å². The highest BCUT2D eigenvalue weighted by Gasteiger charge is 2.18. The molecule has 2 aromatic carbocycles. The number of aromatic nitrogens is 2. The molecule has 0 amide bonds. The van der Waals surface area contributed by atoms with Crippen LogP contribution in [0.15, 0.2) is 54.6 Å². The van der Waals surface area contributed by atoms with Crippen molar-refractivity contribution in [1.29, 1.82) is 0 Å². The first-order valence-electron chi connectivity index (χ1n) is 7.68. The van der Waals surface area contributed by atoms with Crippen LogP contribution in [0.4, 0.5) is 0 Å². The van der Waals surface area contributed by atoms with E-state index in [1.807, 2.05) is 30.3 Å². The monoisotopic (exact) mass is 307 g/mol. The standard InChI is InChI=1S/C19H21N3O/c1-13-10-15(23-2)8-9-16(13)17(12-20)19-11-18(21-22-19)14-6-4-3-5-7-14/h3-11,17H,12,20H2,1-2H3,(H,21,22). The van der Waals surface area contributed by atoms with Gasteiger partial charge in [0.1, 0.15) is 5.75 Å². The van der Waals surface area contributed by atoms with Gasteiger partial charge >= 0.3 is 0 Å². The van der Waals surface area contributed by atoms with Gasteiger partial charge in [-0.15, -0.1) is 0 Å². The number of aromatic amines is 1. The minimum atomic E-state index is 0.0888. The predicted octanol–water partition coefficient (Wildman–Crippen LogP) is 3.48. The molecule has 23 heavy (non-hydrogen) atoms. The van der Waals surface area contributed by atoms with Crippen LogP contribution in [0.5, 0.6) is 5.75 Å². The number of rotatable bonds is 5. The lowest BCUT2D eigenvalue weighted by Crippen LogP contribution is -2.15. The van der Waals surface area contributed by atoms with Gasteiger partial charge in [0.25, 0.3) is 0 Å². The first-order chi connectivity index (χ1) is 11.2. The van der Waals surface area contributed by atoms with Crippen LogP contribution in [0, 0.1) is 6.92 Å². The molecule has 0 saturated carbocycles. The molecule has 1 aromatic heterocycles. The first kappa shape index (κ1) is 15.3. The maximum absolute atomic E-state index is 6.05. The minimum absolute atomic E-state index is 0.0888. The second-order valence-electron chi connectivity index (χ2n) is 5.59. The van der Waals surface area contributed by atoms with Gasteiger partial charge in [0.05, 0.1) is 12.8 Å². The molecule has 0 fully saturated rings. The molecule has 3 rings (SSSR count). The maximum Gasteiger partial charge on any atom is 0.119 e. The van der Waals surface area contributed by atoms with Crippen molar-refractivity contribution in [3.63, 3.8) is 0 Å². The number of hydrogen-bond donors (Lipinski definition) is 2. The molecule has 0 aliphatic rings. The van der Waals surface area contributed by atoms with Gasteiger partial charge in [-0.25, -0.2) is 0 Å². The maximum atomic E-state index is 6.05. The summed E-state index contributed by atoms with van der Waals surface area (Å²) in [5, 5.41) is 7.59. The molecule has 1 atom stereocenters. The largest absolute Gasteiger partial charge is 0.497 e. The average Bonchev–Trinajstić information content (AvgIpc) is 3.07. The van der Waals surface area contributed by atoms with E-state index in [1.165, 1.54) is 5.56 Å². The minimum Gasteiger partial charge on any atom is -0.497 e. The van der Waals surface area contributed by atoms with Crippen LogP contribution in [0.1, 0.15) is 22.7 Å². The van der Waals surface area contributed by atoms with Gasteiger partial charge in [0.2, 0.25) is 0 Å².